The molecule has 8 heteroatoms. The lowest BCUT2D eigenvalue weighted by molar-refractivity contribution is 0.425. The van der Waals surface area contributed by atoms with Crippen LogP contribution < -0.4 is 5.56 Å². The van der Waals surface area contributed by atoms with Crippen molar-refractivity contribution in [3.63, 3.8) is 0 Å². The summed E-state index contributed by atoms with van der Waals surface area (Å²) in [5.41, 5.74) is 1.42. The molecule has 0 unspecified atom stereocenters. The Morgan fingerprint density at radius 1 is 1.11 bits per heavy atom. The molecule has 2 heterocycles. The maximum atomic E-state index is 12.9. The number of rotatable bonds is 5. The summed E-state index contributed by atoms with van der Waals surface area (Å²) in [5, 5.41) is 5.94. The van der Waals surface area contributed by atoms with E-state index in [2.05, 4.69) is 10.1 Å². The lowest BCUT2D eigenvalue weighted by Crippen LogP contribution is -2.22. The molecule has 1 fully saturated rings. The first-order chi connectivity index (χ1) is 13.7. The zero-order valence-electron chi connectivity index (χ0n) is 14.7. The van der Waals surface area contributed by atoms with E-state index in [1.165, 1.54) is 11.8 Å². The molecule has 1 aliphatic rings. The molecular formula is C20H15ClN4O2S. The van der Waals surface area contributed by atoms with Crippen molar-refractivity contribution in [3.05, 3.63) is 69.7 Å². The van der Waals surface area contributed by atoms with Crippen molar-refractivity contribution in [3.8, 4) is 11.5 Å². The highest BCUT2D eigenvalue weighted by atomic mass is 35.5. The molecular weight excluding hydrogens is 396 g/mol. The highest BCUT2D eigenvalue weighted by Crippen LogP contribution is 2.37. The van der Waals surface area contributed by atoms with Crippen LogP contribution in [-0.4, -0.2) is 19.7 Å². The van der Waals surface area contributed by atoms with Crippen molar-refractivity contribution in [2.75, 3.05) is 0 Å². The van der Waals surface area contributed by atoms with Gasteiger partial charge in [0.05, 0.1) is 27.2 Å². The fourth-order valence-corrected chi connectivity index (χ4v) is 4.19. The average molecular weight is 411 g/mol. The van der Waals surface area contributed by atoms with Gasteiger partial charge in [0.25, 0.3) is 11.4 Å². The molecule has 0 spiro atoms. The van der Waals surface area contributed by atoms with Gasteiger partial charge < -0.3 is 4.52 Å². The number of hydrogen-bond donors (Lipinski definition) is 0. The van der Waals surface area contributed by atoms with E-state index in [4.69, 9.17) is 21.1 Å². The molecule has 140 valence electrons. The Kier molecular flexibility index (Phi) is 4.41. The van der Waals surface area contributed by atoms with Gasteiger partial charge in [-0.15, -0.1) is 0 Å². The maximum absolute atomic E-state index is 12.9. The van der Waals surface area contributed by atoms with Crippen molar-refractivity contribution in [2.24, 2.45) is 0 Å². The van der Waals surface area contributed by atoms with E-state index in [9.17, 15) is 4.79 Å². The Morgan fingerprint density at radius 2 is 1.89 bits per heavy atom. The summed E-state index contributed by atoms with van der Waals surface area (Å²) in [7, 11) is 0. The number of aromatic nitrogens is 4. The van der Waals surface area contributed by atoms with Gasteiger partial charge in [-0.3, -0.25) is 9.36 Å². The molecule has 0 amide bonds. The fraction of sp³-hybridized carbons (Fsp3) is 0.200. The molecule has 0 radical (unpaired) electrons. The lowest BCUT2D eigenvalue weighted by Gasteiger charge is -2.11. The number of nitrogens with zero attached hydrogens (tertiary/aromatic N) is 4. The summed E-state index contributed by atoms with van der Waals surface area (Å²) < 4.78 is 7.16. The average Bonchev–Trinajstić information content (AvgIpc) is 3.44. The van der Waals surface area contributed by atoms with E-state index >= 15 is 0 Å². The summed E-state index contributed by atoms with van der Waals surface area (Å²) in [4.78, 5) is 22.1. The summed E-state index contributed by atoms with van der Waals surface area (Å²) in [6, 6.07) is 15.0. The van der Waals surface area contributed by atoms with E-state index in [0.29, 0.717) is 44.1 Å². The zero-order valence-corrected chi connectivity index (χ0v) is 16.3. The molecule has 1 aliphatic carbocycles. The van der Waals surface area contributed by atoms with E-state index in [0.717, 1.165) is 12.8 Å². The van der Waals surface area contributed by atoms with Gasteiger partial charge in [0.1, 0.15) is 0 Å². The fourth-order valence-electron chi connectivity index (χ4n) is 3.07. The molecule has 0 saturated heterocycles. The van der Waals surface area contributed by atoms with Crippen LogP contribution in [0.1, 0.15) is 24.7 Å². The van der Waals surface area contributed by atoms with E-state index in [1.807, 2.05) is 47.0 Å². The third-order valence-electron chi connectivity index (χ3n) is 4.59. The Morgan fingerprint density at radius 3 is 2.71 bits per heavy atom. The molecule has 0 aliphatic heterocycles. The monoisotopic (exact) mass is 410 g/mol. The third-order valence-corrected chi connectivity index (χ3v) is 5.87. The highest BCUT2D eigenvalue weighted by Gasteiger charge is 2.28. The minimum absolute atomic E-state index is 0.0143. The van der Waals surface area contributed by atoms with Crippen molar-refractivity contribution in [1.29, 1.82) is 0 Å². The standard InChI is InChI=1S/C20H15ClN4O2S/c21-15-7-3-1-5-13(15)18-23-17(24-27-18)11-28-20-22-16-8-4-2-6-14(16)19(26)25(20)12-9-10-12/h1-8,12H,9-11H2. The van der Waals surface area contributed by atoms with E-state index < -0.39 is 0 Å². The molecule has 1 saturated carbocycles. The molecule has 28 heavy (non-hydrogen) atoms. The van der Waals surface area contributed by atoms with Gasteiger partial charge in [-0.2, -0.15) is 4.98 Å². The van der Waals surface area contributed by atoms with Gasteiger partial charge in [0.15, 0.2) is 11.0 Å². The number of hydrogen-bond acceptors (Lipinski definition) is 6. The van der Waals surface area contributed by atoms with Crippen LogP contribution >= 0.6 is 23.4 Å². The van der Waals surface area contributed by atoms with Crippen LogP contribution in [0.15, 0.2) is 63.0 Å². The normalized spacial score (nSPS) is 13.9. The summed E-state index contributed by atoms with van der Waals surface area (Å²) >= 11 is 7.64. The van der Waals surface area contributed by atoms with Crippen LogP contribution in [-0.2, 0) is 5.75 Å². The Balaban J connectivity index is 1.45. The van der Waals surface area contributed by atoms with Crippen molar-refractivity contribution in [1.82, 2.24) is 19.7 Å². The van der Waals surface area contributed by atoms with Gasteiger partial charge in [-0.1, -0.05) is 52.8 Å². The van der Waals surface area contributed by atoms with Crippen LogP contribution in [0.25, 0.3) is 22.4 Å². The molecule has 0 bridgehead atoms. The van der Waals surface area contributed by atoms with Gasteiger partial charge in [0.2, 0.25) is 0 Å². The molecule has 0 atom stereocenters. The quantitative estimate of drug-likeness (QED) is 0.350. The first-order valence-corrected chi connectivity index (χ1v) is 10.3. The van der Waals surface area contributed by atoms with E-state index in [1.54, 1.807) is 6.07 Å². The van der Waals surface area contributed by atoms with Crippen molar-refractivity contribution in [2.45, 2.75) is 29.8 Å². The molecule has 2 aromatic carbocycles. The smallest absolute Gasteiger partial charge is 0.262 e. The van der Waals surface area contributed by atoms with Crippen molar-refractivity contribution < 1.29 is 4.52 Å². The number of fused-ring (bicyclic) bond motifs is 1. The van der Waals surface area contributed by atoms with Crippen LogP contribution in [0.3, 0.4) is 0 Å². The minimum Gasteiger partial charge on any atom is -0.334 e. The Bertz CT molecular complexity index is 1230. The predicted molar refractivity (Wildman–Crippen MR) is 109 cm³/mol. The van der Waals surface area contributed by atoms with Crippen molar-refractivity contribution >= 4 is 34.3 Å². The maximum Gasteiger partial charge on any atom is 0.262 e. The summed E-state index contributed by atoms with van der Waals surface area (Å²) in [6.07, 6.45) is 2.01. The second-order valence-electron chi connectivity index (χ2n) is 6.60. The first-order valence-electron chi connectivity index (χ1n) is 8.92. The second kappa shape index (κ2) is 7.07. The highest BCUT2D eigenvalue weighted by molar-refractivity contribution is 7.98. The third kappa shape index (κ3) is 3.21. The minimum atomic E-state index is 0.0143. The molecule has 4 aromatic rings. The topological polar surface area (TPSA) is 73.8 Å². The lowest BCUT2D eigenvalue weighted by atomic mass is 10.2. The van der Waals surface area contributed by atoms with Gasteiger partial charge in [-0.25, -0.2) is 4.98 Å². The predicted octanol–water partition coefficient (Wildman–Crippen LogP) is 4.73. The van der Waals surface area contributed by atoms with Gasteiger partial charge >= 0.3 is 0 Å². The number of thioether (sulfide) groups is 1. The zero-order chi connectivity index (χ0) is 19.1. The molecule has 0 N–H and O–H groups in total. The Labute approximate surface area is 169 Å². The summed E-state index contributed by atoms with van der Waals surface area (Å²) in [5.74, 6) is 1.36. The largest absolute Gasteiger partial charge is 0.334 e. The molecule has 5 rings (SSSR count). The van der Waals surface area contributed by atoms with Crippen LogP contribution in [0.2, 0.25) is 5.02 Å². The number of benzene rings is 2. The van der Waals surface area contributed by atoms with Crippen LogP contribution in [0.4, 0.5) is 0 Å². The second-order valence-corrected chi connectivity index (χ2v) is 7.95. The number of halogens is 1. The van der Waals surface area contributed by atoms with Crippen LogP contribution in [0.5, 0.6) is 0 Å². The summed E-state index contributed by atoms with van der Waals surface area (Å²) in [6.45, 7) is 0. The van der Waals surface area contributed by atoms with Gasteiger partial charge in [-0.05, 0) is 37.1 Å². The molecule has 6 nitrogen and oxygen atoms in total. The number of para-hydroxylation sites is 1. The molecule has 2 aromatic heterocycles. The van der Waals surface area contributed by atoms with Crippen LogP contribution in [0, 0.1) is 0 Å². The van der Waals surface area contributed by atoms with Gasteiger partial charge in [0, 0.05) is 6.04 Å². The van der Waals surface area contributed by atoms with E-state index in [-0.39, 0.29) is 11.6 Å². The Hall–Kier alpha value is -2.64. The first kappa shape index (κ1) is 17.5. The SMILES string of the molecule is O=c1c2ccccc2nc(SCc2noc(-c3ccccc3Cl)n2)n1C1CC1.